The van der Waals surface area contributed by atoms with Gasteiger partial charge in [0.25, 0.3) is 0 Å². The molecule has 4 nitrogen and oxygen atoms in total. The summed E-state index contributed by atoms with van der Waals surface area (Å²) >= 11 is 0. The summed E-state index contributed by atoms with van der Waals surface area (Å²) in [4.78, 5) is 0. The molecule has 0 amide bonds. The van der Waals surface area contributed by atoms with E-state index in [1.165, 1.54) is 13.2 Å². The van der Waals surface area contributed by atoms with E-state index >= 15 is 0 Å². The van der Waals surface area contributed by atoms with E-state index in [9.17, 15) is 9.50 Å². The zero-order valence-electron chi connectivity index (χ0n) is 12.1. The molecule has 20 heavy (non-hydrogen) atoms. The van der Waals surface area contributed by atoms with Gasteiger partial charge in [0.2, 0.25) is 0 Å². The number of nitrogens with one attached hydrogen (secondary N) is 1. The van der Waals surface area contributed by atoms with Gasteiger partial charge < -0.3 is 19.9 Å². The quantitative estimate of drug-likeness (QED) is 0.868. The highest BCUT2D eigenvalue weighted by molar-refractivity contribution is 5.30. The third-order valence-corrected chi connectivity index (χ3v) is 4.05. The van der Waals surface area contributed by atoms with Crippen molar-refractivity contribution in [3.63, 3.8) is 0 Å². The van der Waals surface area contributed by atoms with Crippen molar-refractivity contribution in [3.8, 4) is 5.75 Å². The predicted octanol–water partition coefficient (Wildman–Crippen LogP) is 2.02. The number of benzene rings is 1. The second-order valence-electron chi connectivity index (χ2n) is 5.36. The Morgan fingerprint density at radius 1 is 1.60 bits per heavy atom. The number of methoxy groups -OCH3 is 1. The molecule has 3 atom stereocenters. The minimum Gasteiger partial charge on any atom is -0.497 e. The first-order valence-corrected chi connectivity index (χ1v) is 6.87. The lowest BCUT2D eigenvalue weighted by Crippen LogP contribution is -2.46. The summed E-state index contributed by atoms with van der Waals surface area (Å²) in [6.07, 6.45) is 0.391. The monoisotopic (exact) mass is 283 g/mol. The van der Waals surface area contributed by atoms with Crippen LogP contribution in [0.4, 0.5) is 4.39 Å². The lowest BCUT2D eigenvalue weighted by molar-refractivity contribution is -0.0274. The second-order valence-corrected chi connectivity index (χ2v) is 5.36. The largest absolute Gasteiger partial charge is 0.497 e. The summed E-state index contributed by atoms with van der Waals surface area (Å²) in [6.45, 7) is 4.66. The number of ether oxygens (including phenoxy) is 2. The lowest BCUT2D eigenvalue weighted by atomic mass is 9.96. The number of rotatable bonds is 5. The molecule has 1 aliphatic rings. The van der Waals surface area contributed by atoms with Gasteiger partial charge in [-0.15, -0.1) is 0 Å². The van der Waals surface area contributed by atoms with E-state index in [4.69, 9.17) is 9.47 Å². The van der Waals surface area contributed by atoms with Crippen LogP contribution in [-0.4, -0.2) is 37.1 Å². The zero-order valence-corrected chi connectivity index (χ0v) is 12.1. The molecule has 0 bridgehead atoms. The van der Waals surface area contributed by atoms with Crippen molar-refractivity contribution in [3.05, 3.63) is 29.6 Å². The summed E-state index contributed by atoms with van der Waals surface area (Å²) in [5, 5.41) is 13.6. The van der Waals surface area contributed by atoms with Crippen molar-refractivity contribution in [1.29, 1.82) is 0 Å². The van der Waals surface area contributed by atoms with Crippen molar-refractivity contribution in [2.75, 3.05) is 20.3 Å². The number of hydrogen-bond acceptors (Lipinski definition) is 4. The van der Waals surface area contributed by atoms with Crippen LogP contribution in [0.3, 0.4) is 0 Å². The fourth-order valence-electron chi connectivity index (χ4n) is 2.43. The molecule has 0 spiro atoms. The van der Waals surface area contributed by atoms with E-state index in [1.807, 2.05) is 13.8 Å². The Labute approximate surface area is 118 Å². The summed E-state index contributed by atoms with van der Waals surface area (Å²) in [6, 6.07) is 4.60. The van der Waals surface area contributed by atoms with Gasteiger partial charge in [0.05, 0.1) is 13.2 Å². The molecule has 0 aromatic heterocycles. The van der Waals surface area contributed by atoms with Crippen molar-refractivity contribution in [2.24, 2.45) is 0 Å². The molecule has 112 valence electrons. The van der Waals surface area contributed by atoms with Crippen molar-refractivity contribution < 1.29 is 19.0 Å². The van der Waals surface area contributed by atoms with Gasteiger partial charge in [-0.1, -0.05) is 6.07 Å². The maximum Gasteiger partial charge on any atom is 0.131 e. The first kappa shape index (κ1) is 15.2. The van der Waals surface area contributed by atoms with Crippen LogP contribution in [0.1, 0.15) is 31.9 Å². The highest BCUT2D eigenvalue weighted by Gasteiger charge is 2.39. The molecular formula is C15H22FNO3. The second kappa shape index (κ2) is 6.08. The molecule has 0 aliphatic carbocycles. The molecule has 1 saturated heterocycles. The normalized spacial score (nSPS) is 27.6. The Bertz CT molecular complexity index is 468. The van der Waals surface area contributed by atoms with Crippen LogP contribution in [-0.2, 0) is 4.74 Å². The van der Waals surface area contributed by atoms with E-state index in [0.717, 1.165) is 0 Å². The van der Waals surface area contributed by atoms with Crippen LogP contribution < -0.4 is 10.1 Å². The molecule has 2 N–H and O–H groups in total. The Hall–Kier alpha value is -1.17. The van der Waals surface area contributed by atoms with Crippen LogP contribution in [0.5, 0.6) is 5.75 Å². The first-order valence-electron chi connectivity index (χ1n) is 6.87. The van der Waals surface area contributed by atoms with Crippen LogP contribution in [0.2, 0.25) is 0 Å². The van der Waals surface area contributed by atoms with Crippen LogP contribution >= 0.6 is 0 Å². The van der Waals surface area contributed by atoms with Crippen molar-refractivity contribution in [1.82, 2.24) is 5.32 Å². The summed E-state index contributed by atoms with van der Waals surface area (Å²) in [5.41, 5.74) is -0.321. The maximum absolute atomic E-state index is 14.0. The van der Waals surface area contributed by atoms with Gasteiger partial charge in [-0.3, -0.25) is 0 Å². The van der Waals surface area contributed by atoms with Crippen LogP contribution in [0.25, 0.3) is 0 Å². The average molecular weight is 283 g/mol. The van der Waals surface area contributed by atoms with Crippen LogP contribution in [0.15, 0.2) is 18.2 Å². The number of halogens is 1. The Kier molecular flexibility index (Phi) is 4.62. The standard InChI is InChI=1S/C15H22FNO3/c1-10(13-5-4-12(19-3)8-14(13)16)17-9-15(18)6-7-20-11(15)2/h4-5,8,10-11,17-18H,6-7,9H2,1-3H3. The molecule has 3 unspecified atom stereocenters. The zero-order chi connectivity index (χ0) is 14.8. The van der Waals surface area contributed by atoms with Crippen molar-refractivity contribution in [2.45, 2.75) is 38.0 Å². The molecule has 1 aromatic carbocycles. The number of aliphatic hydroxyl groups is 1. The molecule has 1 heterocycles. The number of hydrogen-bond donors (Lipinski definition) is 2. The molecular weight excluding hydrogens is 261 g/mol. The van der Waals surface area contributed by atoms with Gasteiger partial charge in [0, 0.05) is 37.2 Å². The topological polar surface area (TPSA) is 50.7 Å². The smallest absolute Gasteiger partial charge is 0.131 e. The van der Waals surface area contributed by atoms with Gasteiger partial charge in [0.1, 0.15) is 17.2 Å². The van der Waals surface area contributed by atoms with E-state index in [0.29, 0.717) is 30.9 Å². The summed E-state index contributed by atoms with van der Waals surface area (Å²) in [5.74, 6) is 0.182. The summed E-state index contributed by atoms with van der Waals surface area (Å²) in [7, 11) is 1.51. The van der Waals surface area contributed by atoms with Gasteiger partial charge in [-0.25, -0.2) is 4.39 Å². The Balaban J connectivity index is 2.00. The highest BCUT2D eigenvalue weighted by Crippen LogP contribution is 2.27. The fourth-order valence-corrected chi connectivity index (χ4v) is 2.43. The van der Waals surface area contributed by atoms with Gasteiger partial charge in [-0.2, -0.15) is 0 Å². The third kappa shape index (κ3) is 3.11. The van der Waals surface area contributed by atoms with Gasteiger partial charge in [0.15, 0.2) is 0 Å². The van der Waals surface area contributed by atoms with Gasteiger partial charge in [-0.05, 0) is 19.9 Å². The van der Waals surface area contributed by atoms with E-state index in [-0.39, 0.29) is 18.0 Å². The van der Waals surface area contributed by atoms with E-state index in [1.54, 1.807) is 12.1 Å². The lowest BCUT2D eigenvalue weighted by Gasteiger charge is -2.28. The Morgan fingerprint density at radius 2 is 2.35 bits per heavy atom. The van der Waals surface area contributed by atoms with Gasteiger partial charge >= 0.3 is 0 Å². The van der Waals surface area contributed by atoms with Crippen LogP contribution in [0, 0.1) is 5.82 Å². The average Bonchev–Trinajstić information content (AvgIpc) is 2.76. The molecule has 1 aromatic rings. The predicted molar refractivity (Wildman–Crippen MR) is 74.4 cm³/mol. The minimum atomic E-state index is -0.878. The molecule has 0 saturated carbocycles. The van der Waals surface area contributed by atoms with E-state index < -0.39 is 5.60 Å². The maximum atomic E-state index is 14.0. The first-order chi connectivity index (χ1) is 9.46. The molecule has 1 aliphatic heterocycles. The van der Waals surface area contributed by atoms with E-state index in [2.05, 4.69) is 5.32 Å². The minimum absolute atomic E-state index is 0.197. The molecule has 5 heteroatoms. The fraction of sp³-hybridized carbons (Fsp3) is 0.600. The third-order valence-electron chi connectivity index (χ3n) is 4.05. The summed E-state index contributed by atoms with van der Waals surface area (Å²) < 4.78 is 24.3. The molecule has 2 rings (SSSR count). The Morgan fingerprint density at radius 3 is 2.90 bits per heavy atom. The molecule has 1 fully saturated rings. The molecule has 0 radical (unpaired) electrons. The SMILES string of the molecule is COc1ccc(C(C)NCC2(O)CCOC2C)c(F)c1. The highest BCUT2D eigenvalue weighted by atomic mass is 19.1. The van der Waals surface area contributed by atoms with Crippen molar-refractivity contribution >= 4 is 0 Å².